The molecule has 3 unspecified atom stereocenters. The minimum absolute atomic E-state index is 0.0223. The van der Waals surface area contributed by atoms with Gasteiger partial charge in [-0.05, 0) is 64.6 Å². The molecule has 0 spiro atoms. The van der Waals surface area contributed by atoms with Gasteiger partial charge in [0.25, 0.3) is 0 Å². The van der Waals surface area contributed by atoms with Crippen molar-refractivity contribution in [2.24, 2.45) is 17.8 Å². The Hall–Kier alpha value is -0.570. The third-order valence-electron chi connectivity index (χ3n) is 8.72. The molecule has 3 atom stereocenters. The molecule has 0 aromatic heterocycles. The maximum atomic E-state index is 11.4. The van der Waals surface area contributed by atoms with Gasteiger partial charge in [0.15, 0.2) is 0 Å². The number of hydrogen-bond acceptors (Lipinski definition) is 3. The summed E-state index contributed by atoms with van der Waals surface area (Å²) >= 11 is 0. The third kappa shape index (κ3) is 21.0. The van der Waals surface area contributed by atoms with Crippen LogP contribution in [0.2, 0.25) is 0 Å². The molecule has 0 bridgehead atoms. The van der Waals surface area contributed by atoms with E-state index >= 15 is 0 Å². The van der Waals surface area contributed by atoms with Crippen molar-refractivity contribution in [1.82, 2.24) is 4.90 Å². The first kappa shape index (κ1) is 34.5. The molecule has 0 aromatic rings. The monoisotopic (exact) mass is 522 g/mol. The Morgan fingerprint density at radius 3 is 1.76 bits per heavy atom. The molecular formula is C34H67NO2. The summed E-state index contributed by atoms with van der Waals surface area (Å²) in [5.74, 6) is 2.98. The van der Waals surface area contributed by atoms with Crippen molar-refractivity contribution in [2.45, 2.75) is 168 Å². The smallest absolute Gasteiger partial charge is 0.305 e. The summed E-state index contributed by atoms with van der Waals surface area (Å²) in [5, 5.41) is 0. The van der Waals surface area contributed by atoms with Crippen molar-refractivity contribution >= 4 is 5.97 Å². The van der Waals surface area contributed by atoms with Gasteiger partial charge in [-0.15, -0.1) is 0 Å². The average Bonchev–Trinajstić information content (AvgIpc) is 3.64. The molecule has 0 radical (unpaired) electrons. The van der Waals surface area contributed by atoms with E-state index in [1.807, 2.05) is 6.92 Å². The zero-order valence-corrected chi connectivity index (χ0v) is 25.9. The number of unbranched alkanes of at least 4 members (excludes halogenated alkanes) is 17. The number of carbonyl (C=O) groups is 1. The lowest BCUT2D eigenvalue weighted by atomic mass is 9.90. The van der Waals surface area contributed by atoms with Crippen LogP contribution in [-0.4, -0.2) is 38.1 Å². The molecule has 0 aliphatic heterocycles. The minimum atomic E-state index is -0.0223. The summed E-state index contributed by atoms with van der Waals surface area (Å²) in [6, 6.07) is 0. The number of rotatable bonds is 28. The topological polar surface area (TPSA) is 29.5 Å². The Labute approximate surface area is 233 Å². The van der Waals surface area contributed by atoms with Crippen molar-refractivity contribution < 1.29 is 9.53 Å². The molecule has 1 rings (SSSR count). The second kappa shape index (κ2) is 24.5. The fourth-order valence-corrected chi connectivity index (χ4v) is 6.22. The Kier molecular flexibility index (Phi) is 22.8. The molecular weight excluding hydrogens is 454 g/mol. The van der Waals surface area contributed by atoms with Gasteiger partial charge in [-0.25, -0.2) is 0 Å². The molecule has 3 nitrogen and oxygen atoms in total. The largest absolute Gasteiger partial charge is 0.466 e. The van der Waals surface area contributed by atoms with Gasteiger partial charge < -0.3 is 9.64 Å². The lowest BCUT2D eigenvalue weighted by Gasteiger charge is -2.20. The molecule has 1 fully saturated rings. The molecule has 0 aromatic carbocycles. The van der Waals surface area contributed by atoms with E-state index in [4.69, 9.17) is 4.74 Å². The number of ether oxygens (including phenoxy) is 1. The first-order valence-electron chi connectivity index (χ1n) is 16.9. The van der Waals surface area contributed by atoms with Crippen LogP contribution in [0.15, 0.2) is 0 Å². The molecule has 1 aliphatic carbocycles. The molecule has 0 saturated heterocycles. The van der Waals surface area contributed by atoms with Crippen LogP contribution in [0.1, 0.15) is 168 Å². The van der Waals surface area contributed by atoms with Crippen LogP contribution in [0.25, 0.3) is 0 Å². The van der Waals surface area contributed by atoms with Crippen molar-refractivity contribution in [1.29, 1.82) is 0 Å². The van der Waals surface area contributed by atoms with Crippen LogP contribution in [0.3, 0.4) is 0 Å². The fraction of sp³-hybridized carbons (Fsp3) is 0.971. The molecule has 3 heteroatoms. The van der Waals surface area contributed by atoms with E-state index in [9.17, 15) is 4.79 Å². The van der Waals surface area contributed by atoms with E-state index in [0.29, 0.717) is 13.0 Å². The van der Waals surface area contributed by atoms with Gasteiger partial charge >= 0.3 is 5.97 Å². The third-order valence-corrected chi connectivity index (χ3v) is 8.72. The van der Waals surface area contributed by atoms with Crippen molar-refractivity contribution in [3.05, 3.63) is 0 Å². The molecule has 0 N–H and O–H groups in total. The van der Waals surface area contributed by atoms with Gasteiger partial charge in [-0.2, -0.15) is 0 Å². The highest BCUT2D eigenvalue weighted by Gasteiger charge is 2.41. The SMILES string of the molecule is CCCCCCCCCCCCCCCCC(CCN(C)C)C1CC1CCCCCCCC(=O)OCC. The van der Waals surface area contributed by atoms with E-state index in [0.717, 1.165) is 24.2 Å². The highest BCUT2D eigenvalue weighted by molar-refractivity contribution is 5.69. The average molecular weight is 522 g/mol. The summed E-state index contributed by atoms with van der Waals surface area (Å²) in [7, 11) is 4.46. The second-order valence-corrected chi connectivity index (χ2v) is 12.5. The standard InChI is InChI=1S/C34H67NO2/c1-5-7-8-9-10-11-12-13-14-15-16-17-19-22-25-31(28-29-35(3)4)33-30-32(33)26-23-20-18-21-24-27-34(36)37-6-2/h31-33H,5-30H2,1-4H3. The van der Waals surface area contributed by atoms with Gasteiger partial charge in [0.05, 0.1) is 6.61 Å². The maximum Gasteiger partial charge on any atom is 0.305 e. The molecule has 0 amide bonds. The molecule has 37 heavy (non-hydrogen) atoms. The first-order valence-corrected chi connectivity index (χ1v) is 16.9. The van der Waals surface area contributed by atoms with Gasteiger partial charge in [-0.3, -0.25) is 4.79 Å². The van der Waals surface area contributed by atoms with Gasteiger partial charge in [-0.1, -0.05) is 135 Å². The van der Waals surface area contributed by atoms with Crippen LogP contribution >= 0.6 is 0 Å². The maximum absolute atomic E-state index is 11.4. The Morgan fingerprint density at radius 1 is 0.703 bits per heavy atom. The summed E-state index contributed by atoms with van der Waals surface area (Å²) < 4.78 is 5.02. The number of hydrogen-bond donors (Lipinski definition) is 0. The minimum Gasteiger partial charge on any atom is -0.466 e. The molecule has 1 saturated carbocycles. The highest BCUT2D eigenvalue weighted by Crippen LogP contribution is 2.50. The van der Waals surface area contributed by atoms with Crippen molar-refractivity contribution in [3.63, 3.8) is 0 Å². The van der Waals surface area contributed by atoms with E-state index in [1.54, 1.807) is 0 Å². The van der Waals surface area contributed by atoms with Crippen LogP contribution in [0.5, 0.6) is 0 Å². The second-order valence-electron chi connectivity index (χ2n) is 12.5. The molecule has 1 aliphatic rings. The zero-order chi connectivity index (χ0) is 27.0. The predicted octanol–water partition coefficient (Wildman–Crippen LogP) is 10.4. The molecule has 0 heterocycles. The van der Waals surface area contributed by atoms with E-state index < -0.39 is 0 Å². The normalized spacial score (nSPS) is 17.9. The van der Waals surface area contributed by atoms with Gasteiger partial charge in [0.2, 0.25) is 0 Å². The van der Waals surface area contributed by atoms with Crippen LogP contribution in [-0.2, 0) is 9.53 Å². The van der Waals surface area contributed by atoms with E-state index in [2.05, 4.69) is 25.9 Å². The molecule has 220 valence electrons. The highest BCUT2D eigenvalue weighted by atomic mass is 16.5. The zero-order valence-electron chi connectivity index (χ0n) is 25.9. The Morgan fingerprint density at radius 2 is 1.22 bits per heavy atom. The lowest BCUT2D eigenvalue weighted by Crippen LogP contribution is -2.18. The summed E-state index contributed by atoms with van der Waals surface area (Å²) in [6.45, 7) is 5.95. The Balaban J connectivity index is 2.02. The van der Waals surface area contributed by atoms with Gasteiger partial charge in [0, 0.05) is 6.42 Å². The van der Waals surface area contributed by atoms with Crippen LogP contribution < -0.4 is 0 Å². The number of esters is 1. The summed E-state index contributed by atoms with van der Waals surface area (Å²) in [5.41, 5.74) is 0. The van der Waals surface area contributed by atoms with E-state index in [-0.39, 0.29) is 5.97 Å². The lowest BCUT2D eigenvalue weighted by molar-refractivity contribution is -0.143. The van der Waals surface area contributed by atoms with Crippen LogP contribution in [0, 0.1) is 17.8 Å². The van der Waals surface area contributed by atoms with E-state index in [1.165, 1.54) is 148 Å². The van der Waals surface area contributed by atoms with Gasteiger partial charge in [0.1, 0.15) is 0 Å². The van der Waals surface area contributed by atoms with Crippen LogP contribution in [0.4, 0.5) is 0 Å². The van der Waals surface area contributed by atoms with Crippen molar-refractivity contribution in [3.8, 4) is 0 Å². The number of nitrogens with zero attached hydrogens (tertiary/aromatic N) is 1. The Bertz CT molecular complexity index is 506. The summed E-state index contributed by atoms with van der Waals surface area (Å²) in [4.78, 5) is 13.8. The summed E-state index contributed by atoms with van der Waals surface area (Å²) in [6.07, 6.45) is 33.0. The first-order chi connectivity index (χ1) is 18.1. The number of carbonyl (C=O) groups excluding carboxylic acids is 1. The quantitative estimate of drug-likeness (QED) is 0.0757. The fourth-order valence-electron chi connectivity index (χ4n) is 6.22. The van der Waals surface area contributed by atoms with Crippen molar-refractivity contribution in [2.75, 3.05) is 27.2 Å². The predicted molar refractivity (Wildman–Crippen MR) is 162 cm³/mol.